The lowest BCUT2D eigenvalue weighted by Crippen LogP contribution is -2.35. The van der Waals surface area contributed by atoms with Crippen molar-refractivity contribution >= 4 is 28.8 Å². The number of nitrogens with zero attached hydrogens (tertiary/aromatic N) is 1. The second-order valence-corrected chi connectivity index (χ2v) is 5.25. The molecule has 3 rings (SSSR count). The summed E-state index contributed by atoms with van der Waals surface area (Å²) in [7, 11) is 0. The van der Waals surface area contributed by atoms with Gasteiger partial charge in [0, 0.05) is 5.56 Å². The lowest BCUT2D eigenvalue weighted by molar-refractivity contribution is 0.103. The van der Waals surface area contributed by atoms with Gasteiger partial charge in [0.1, 0.15) is 0 Å². The van der Waals surface area contributed by atoms with E-state index in [1.54, 1.807) is 6.07 Å². The Bertz CT molecular complexity index is 665. The number of amidine groups is 1. The summed E-state index contributed by atoms with van der Waals surface area (Å²) in [5, 5.41) is 8.87. The van der Waals surface area contributed by atoms with Crippen LogP contribution in [0, 0.1) is 6.92 Å². The lowest BCUT2D eigenvalue weighted by Gasteiger charge is -2.11. The van der Waals surface area contributed by atoms with E-state index in [2.05, 4.69) is 26.9 Å². The van der Waals surface area contributed by atoms with Gasteiger partial charge < -0.3 is 5.32 Å². The van der Waals surface area contributed by atoms with Crippen molar-refractivity contribution in [2.45, 2.75) is 6.92 Å². The highest BCUT2D eigenvalue weighted by Gasteiger charge is 2.15. The van der Waals surface area contributed by atoms with E-state index in [0.717, 1.165) is 16.8 Å². The predicted octanol–water partition coefficient (Wildman–Crippen LogP) is 1.58. The van der Waals surface area contributed by atoms with Crippen molar-refractivity contribution in [1.29, 1.82) is 0 Å². The number of amides is 1. The predicted molar refractivity (Wildman–Crippen MR) is 79.4 cm³/mol. The molecular formula is C13H13N5OS. The molecule has 0 saturated carbocycles. The number of nitrogens with one attached hydrogen (secondary N) is 4. The van der Waals surface area contributed by atoms with Crippen LogP contribution in [0.1, 0.15) is 20.8 Å². The van der Waals surface area contributed by atoms with E-state index in [4.69, 9.17) is 0 Å². The van der Waals surface area contributed by atoms with Gasteiger partial charge in [-0.1, -0.05) is 12.1 Å². The minimum Gasteiger partial charge on any atom is -0.321 e. The van der Waals surface area contributed by atoms with Gasteiger partial charge in [-0.3, -0.25) is 10.2 Å². The number of aryl methyl sites for hydroxylation is 1. The zero-order valence-corrected chi connectivity index (χ0v) is 11.5. The number of hydrogen-bond acceptors (Lipinski definition) is 6. The Morgan fingerprint density at radius 2 is 2.25 bits per heavy atom. The van der Waals surface area contributed by atoms with Crippen LogP contribution in [0.5, 0.6) is 0 Å². The Balaban J connectivity index is 1.91. The van der Waals surface area contributed by atoms with E-state index in [1.807, 2.05) is 36.6 Å². The highest BCUT2D eigenvalue weighted by atomic mass is 32.1. The number of hydrazine groups is 2. The van der Waals surface area contributed by atoms with Crippen molar-refractivity contribution in [1.82, 2.24) is 16.5 Å². The zero-order chi connectivity index (χ0) is 13.9. The molecule has 7 heteroatoms. The number of hydrogen-bond donors (Lipinski definition) is 4. The third-order valence-electron chi connectivity index (χ3n) is 2.83. The van der Waals surface area contributed by atoms with Crippen LogP contribution in [0.2, 0.25) is 0 Å². The first kappa shape index (κ1) is 12.6. The first-order valence-corrected chi connectivity index (χ1v) is 6.91. The minimum absolute atomic E-state index is 0.119. The van der Waals surface area contributed by atoms with E-state index in [9.17, 15) is 4.79 Å². The summed E-state index contributed by atoms with van der Waals surface area (Å²) in [6.45, 7) is 1.98. The Hall–Kier alpha value is -2.38. The normalized spacial score (nSPS) is 13.3. The van der Waals surface area contributed by atoms with Crippen LogP contribution in [0.3, 0.4) is 0 Å². The number of thiophene rings is 1. The molecule has 0 radical (unpaired) electrons. The smallest absolute Gasteiger partial charge is 0.265 e. The lowest BCUT2D eigenvalue weighted by atomic mass is 10.1. The molecule has 2 heterocycles. The van der Waals surface area contributed by atoms with Gasteiger partial charge in [-0.15, -0.1) is 22.0 Å². The number of carbonyl (C=O) groups is 1. The average Bonchev–Trinajstić information content (AvgIpc) is 3.12. The molecule has 1 amide bonds. The Morgan fingerprint density at radius 1 is 1.35 bits per heavy atom. The largest absolute Gasteiger partial charge is 0.321 e. The van der Waals surface area contributed by atoms with Crippen LogP contribution in [-0.4, -0.2) is 11.7 Å². The van der Waals surface area contributed by atoms with E-state index >= 15 is 0 Å². The first-order valence-electron chi connectivity index (χ1n) is 6.03. The van der Waals surface area contributed by atoms with E-state index < -0.39 is 0 Å². The molecule has 1 aromatic heterocycles. The van der Waals surface area contributed by atoms with Crippen molar-refractivity contribution in [2.24, 2.45) is 5.10 Å². The van der Waals surface area contributed by atoms with Gasteiger partial charge in [0.2, 0.25) is 0 Å². The Labute approximate surface area is 119 Å². The zero-order valence-electron chi connectivity index (χ0n) is 10.7. The van der Waals surface area contributed by atoms with Gasteiger partial charge in [-0.05, 0) is 36.1 Å². The van der Waals surface area contributed by atoms with Gasteiger partial charge in [-0.25, -0.2) is 5.53 Å². The van der Waals surface area contributed by atoms with Gasteiger partial charge in [0.05, 0.1) is 10.6 Å². The molecule has 1 aliphatic rings. The Morgan fingerprint density at radius 3 is 2.95 bits per heavy atom. The summed E-state index contributed by atoms with van der Waals surface area (Å²) in [5.74, 6) is 0.512. The molecule has 2 aromatic rings. The highest BCUT2D eigenvalue weighted by molar-refractivity contribution is 7.12. The fourth-order valence-electron chi connectivity index (χ4n) is 1.89. The van der Waals surface area contributed by atoms with Crippen molar-refractivity contribution in [3.63, 3.8) is 0 Å². The third kappa shape index (κ3) is 2.49. The molecule has 0 atom stereocenters. The van der Waals surface area contributed by atoms with E-state index in [0.29, 0.717) is 10.7 Å². The van der Waals surface area contributed by atoms with E-state index in [1.165, 1.54) is 11.3 Å². The SMILES string of the molecule is Cc1ccc(C2=NNNN2)c(NC(=O)c2cccs2)c1. The van der Waals surface area contributed by atoms with Crippen LogP contribution >= 0.6 is 11.3 Å². The first-order chi connectivity index (χ1) is 9.74. The van der Waals surface area contributed by atoms with Crippen molar-refractivity contribution in [2.75, 3.05) is 5.32 Å². The molecule has 20 heavy (non-hydrogen) atoms. The minimum atomic E-state index is -0.119. The monoisotopic (exact) mass is 287 g/mol. The standard InChI is InChI=1S/C13H13N5OS/c1-8-4-5-9(12-15-17-18-16-12)10(7-8)14-13(19)11-3-2-6-20-11/h2-7,17-18H,1H3,(H,14,19)(H,15,16). The maximum absolute atomic E-state index is 12.2. The fourth-order valence-corrected chi connectivity index (χ4v) is 2.51. The molecule has 0 bridgehead atoms. The molecule has 1 aliphatic heterocycles. The van der Waals surface area contributed by atoms with Crippen LogP contribution in [0.25, 0.3) is 0 Å². The molecule has 6 nitrogen and oxygen atoms in total. The summed E-state index contributed by atoms with van der Waals surface area (Å²) >= 11 is 1.41. The third-order valence-corrected chi connectivity index (χ3v) is 3.70. The summed E-state index contributed by atoms with van der Waals surface area (Å²) in [4.78, 5) is 12.8. The van der Waals surface area contributed by atoms with Gasteiger partial charge in [0.25, 0.3) is 5.91 Å². The summed E-state index contributed by atoms with van der Waals surface area (Å²) in [6, 6.07) is 9.46. The van der Waals surface area contributed by atoms with Crippen molar-refractivity contribution in [3.8, 4) is 0 Å². The molecule has 0 fully saturated rings. The number of hydrazone groups is 1. The molecule has 0 aliphatic carbocycles. The molecule has 4 N–H and O–H groups in total. The topological polar surface area (TPSA) is 77.6 Å². The molecule has 0 unspecified atom stereocenters. The van der Waals surface area contributed by atoms with Gasteiger partial charge in [0.15, 0.2) is 5.84 Å². The second-order valence-electron chi connectivity index (χ2n) is 4.30. The Kier molecular flexibility index (Phi) is 3.36. The number of benzene rings is 1. The summed E-state index contributed by atoms with van der Waals surface area (Å²) in [6.07, 6.45) is 0. The van der Waals surface area contributed by atoms with Gasteiger partial charge >= 0.3 is 0 Å². The number of anilines is 1. The maximum atomic E-state index is 12.2. The van der Waals surface area contributed by atoms with Crippen LogP contribution < -0.4 is 21.8 Å². The quantitative estimate of drug-likeness (QED) is 0.691. The van der Waals surface area contributed by atoms with Gasteiger partial charge in [-0.2, -0.15) is 0 Å². The van der Waals surface area contributed by atoms with Crippen molar-refractivity contribution in [3.05, 3.63) is 51.7 Å². The maximum Gasteiger partial charge on any atom is 0.265 e. The number of carbonyl (C=O) groups excluding carboxylic acids is 1. The summed E-state index contributed by atoms with van der Waals surface area (Å²) in [5.41, 5.74) is 10.8. The van der Waals surface area contributed by atoms with Crippen LogP contribution in [0.4, 0.5) is 5.69 Å². The number of rotatable bonds is 3. The van der Waals surface area contributed by atoms with Crippen LogP contribution in [-0.2, 0) is 0 Å². The molecule has 1 aromatic carbocycles. The van der Waals surface area contributed by atoms with Crippen molar-refractivity contribution < 1.29 is 4.79 Å². The average molecular weight is 287 g/mol. The second kappa shape index (κ2) is 5.32. The summed E-state index contributed by atoms with van der Waals surface area (Å²) < 4.78 is 0. The van der Waals surface area contributed by atoms with Crippen LogP contribution in [0.15, 0.2) is 40.8 Å². The molecule has 0 spiro atoms. The highest BCUT2D eigenvalue weighted by Crippen LogP contribution is 2.20. The fraction of sp³-hybridized carbons (Fsp3) is 0.0769. The molecule has 0 saturated heterocycles. The van der Waals surface area contributed by atoms with E-state index in [-0.39, 0.29) is 5.91 Å². The molecule has 102 valence electrons. The molecular weight excluding hydrogens is 274 g/mol.